The summed E-state index contributed by atoms with van der Waals surface area (Å²) in [4.78, 5) is 18.7. The fraction of sp³-hybridized carbons (Fsp3) is 0.312. The Hall–Kier alpha value is -2.03. The van der Waals surface area contributed by atoms with Gasteiger partial charge in [0.05, 0.1) is 23.7 Å². The zero-order valence-electron chi connectivity index (χ0n) is 13.2. The number of hydrogen-bond donors (Lipinski definition) is 1. The number of ether oxygens (including phenoxy) is 1. The molecule has 0 radical (unpaired) electrons. The molecule has 0 saturated heterocycles. The average Bonchev–Trinajstić information content (AvgIpc) is 3.25. The van der Waals surface area contributed by atoms with Crippen LogP contribution in [0.4, 0.5) is 5.00 Å². The summed E-state index contributed by atoms with van der Waals surface area (Å²) < 4.78 is 10.9. The van der Waals surface area contributed by atoms with Crippen LogP contribution in [-0.2, 0) is 17.8 Å². The number of aryl methyl sites for hydroxylation is 2. The third-order valence-electron chi connectivity index (χ3n) is 3.74. The van der Waals surface area contributed by atoms with Crippen LogP contribution in [0.2, 0.25) is 0 Å². The van der Waals surface area contributed by atoms with Crippen molar-refractivity contribution in [3.05, 3.63) is 38.2 Å². The van der Waals surface area contributed by atoms with E-state index in [4.69, 9.17) is 9.26 Å². The van der Waals surface area contributed by atoms with Crippen LogP contribution >= 0.6 is 22.7 Å². The smallest absolute Gasteiger partial charge is 0.266 e. The maximum absolute atomic E-state index is 12.5. The molecule has 0 spiro atoms. The van der Waals surface area contributed by atoms with Crippen LogP contribution in [0.1, 0.15) is 31.5 Å². The van der Waals surface area contributed by atoms with Crippen molar-refractivity contribution < 1.29 is 14.1 Å². The molecule has 8 heteroatoms. The summed E-state index contributed by atoms with van der Waals surface area (Å²) >= 11 is 2.95. The van der Waals surface area contributed by atoms with Crippen molar-refractivity contribution in [3.63, 3.8) is 0 Å². The number of amides is 1. The molecule has 0 saturated carbocycles. The number of anilines is 1. The molecule has 1 aliphatic rings. The summed E-state index contributed by atoms with van der Waals surface area (Å²) in [5.41, 5.74) is 3.05. The lowest BCUT2D eigenvalue weighted by Crippen LogP contribution is -2.10. The summed E-state index contributed by atoms with van der Waals surface area (Å²) in [5.74, 6) is 0.901. The van der Waals surface area contributed by atoms with Gasteiger partial charge in [-0.3, -0.25) is 4.79 Å². The molecule has 0 atom stereocenters. The van der Waals surface area contributed by atoms with Crippen LogP contribution in [0, 0.1) is 13.8 Å². The highest BCUT2D eigenvalue weighted by Crippen LogP contribution is 2.42. The highest BCUT2D eigenvalue weighted by Gasteiger charge is 2.27. The van der Waals surface area contributed by atoms with E-state index in [1.54, 1.807) is 6.92 Å². The quantitative estimate of drug-likeness (QED) is 0.768. The standard InChI is InChI=1S/C16H15N3O3S2/c1-8-5-11(23-7-8)14(20)18-16-13(15-17-9(2)19-22-15)10-3-4-21-6-12(10)24-16/h5,7H,3-4,6H2,1-2H3,(H,18,20). The van der Waals surface area contributed by atoms with E-state index in [0.717, 1.165) is 33.0 Å². The number of aromatic nitrogens is 2. The number of nitrogens with zero attached hydrogens (tertiary/aromatic N) is 2. The molecule has 0 aliphatic carbocycles. The van der Waals surface area contributed by atoms with E-state index in [2.05, 4.69) is 15.5 Å². The zero-order chi connectivity index (χ0) is 16.7. The minimum absolute atomic E-state index is 0.120. The first-order valence-corrected chi connectivity index (χ1v) is 9.21. The van der Waals surface area contributed by atoms with Crippen LogP contribution in [0.3, 0.4) is 0 Å². The lowest BCUT2D eigenvalue weighted by molar-refractivity contribution is 0.103. The molecule has 4 heterocycles. The fourth-order valence-corrected chi connectivity index (χ4v) is 4.63. The molecule has 6 nitrogen and oxygen atoms in total. The van der Waals surface area contributed by atoms with Crippen LogP contribution < -0.4 is 5.32 Å². The minimum atomic E-state index is -0.120. The van der Waals surface area contributed by atoms with Gasteiger partial charge in [-0.1, -0.05) is 5.16 Å². The first-order chi connectivity index (χ1) is 11.6. The molecule has 1 amide bonds. The van der Waals surface area contributed by atoms with Gasteiger partial charge in [0.1, 0.15) is 5.00 Å². The third-order valence-corrected chi connectivity index (χ3v) is 5.91. The van der Waals surface area contributed by atoms with E-state index >= 15 is 0 Å². The SMILES string of the molecule is Cc1csc(C(=O)Nc2sc3c(c2-c2nc(C)no2)CCOC3)c1. The van der Waals surface area contributed by atoms with Gasteiger partial charge < -0.3 is 14.6 Å². The van der Waals surface area contributed by atoms with E-state index in [1.165, 1.54) is 22.7 Å². The molecule has 0 bridgehead atoms. The number of rotatable bonds is 3. The van der Waals surface area contributed by atoms with E-state index in [9.17, 15) is 4.79 Å². The van der Waals surface area contributed by atoms with Crippen LogP contribution in [-0.4, -0.2) is 22.7 Å². The van der Waals surface area contributed by atoms with Crippen LogP contribution in [0.5, 0.6) is 0 Å². The van der Waals surface area contributed by atoms with Crippen molar-refractivity contribution in [2.75, 3.05) is 11.9 Å². The first-order valence-electron chi connectivity index (χ1n) is 7.51. The topological polar surface area (TPSA) is 77.3 Å². The molecule has 1 aliphatic heterocycles. The summed E-state index contributed by atoms with van der Waals surface area (Å²) in [6.45, 7) is 4.96. The van der Waals surface area contributed by atoms with Gasteiger partial charge in [-0.25, -0.2) is 0 Å². The van der Waals surface area contributed by atoms with Crippen LogP contribution in [0.25, 0.3) is 11.5 Å². The highest BCUT2D eigenvalue weighted by molar-refractivity contribution is 7.17. The van der Waals surface area contributed by atoms with Crippen molar-refractivity contribution in [2.45, 2.75) is 26.9 Å². The molecular formula is C16H15N3O3S2. The largest absolute Gasteiger partial charge is 0.376 e. The Balaban J connectivity index is 1.74. The lowest BCUT2D eigenvalue weighted by atomic mass is 10.1. The molecule has 4 rings (SSSR count). The number of fused-ring (bicyclic) bond motifs is 1. The monoisotopic (exact) mass is 361 g/mol. The Bertz CT molecular complexity index is 910. The van der Waals surface area contributed by atoms with Crippen molar-refractivity contribution in [2.24, 2.45) is 0 Å². The normalized spacial score (nSPS) is 13.8. The van der Waals surface area contributed by atoms with E-state index in [1.807, 2.05) is 18.4 Å². The maximum Gasteiger partial charge on any atom is 0.266 e. The van der Waals surface area contributed by atoms with Crippen molar-refractivity contribution in [1.29, 1.82) is 0 Å². The van der Waals surface area contributed by atoms with E-state index in [-0.39, 0.29) is 5.91 Å². The predicted molar refractivity (Wildman–Crippen MR) is 92.7 cm³/mol. The zero-order valence-corrected chi connectivity index (χ0v) is 14.8. The lowest BCUT2D eigenvalue weighted by Gasteiger charge is -2.12. The molecule has 0 unspecified atom stereocenters. The highest BCUT2D eigenvalue weighted by atomic mass is 32.1. The summed E-state index contributed by atoms with van der Waals surface area (Å²) in [5, 5.41) is 9.60. The average molecular weight is 361 g/mol. The van der Waals surface area contributed by atoms with Crippen LogP contribution in [0.15, 0.2) is 16.0 Å². The Morgan fingerprint density at radius 1 is 1.38 bits per heavy atom. The van der Waals surface area contributed by atoms with Gasteiger partial charge in [-0.15, -0.1) is 22.7 Å². The predicted octanol–water partition coefficient (Wildman–Crippen LogP) is 3.80. The molecule has 124 valence electrons. The van der Waals surface area contributed by atoms with Crippen molar-refractivity contribution >= 4 is 33.6 Å². The summed E-state index contributed by atoms with van der Waals surface area (Å²) in [6.07, 6.45) is 0.774. The van der Waals surface area contributed by atoms with Gasteiger partial charge in [0.15, 0.2) is 5.82 Å². The molecule has 0 aromatic carbocycles. The van der Waals surface area contributed by atoms with Crippen molar-refractivity contribution in [1.82, 2.24) is 10.1 Å². The third kappa shape index (κ3) is 2.77. The molecule has 0 fully saturated rings. The second kappa shape index (κ2) is 6.12. The molecule has 24 heavy (non-hydrogen) atoms. The molecule has 3 aromatic heterocycles. The molecule has 1 N–H and O–H groups in total. The van der Waals surface area contributed by atoms with Gasteiger partial charge in [0, 0.05) is 4.88 Å². The second-order valence-electron chi connectivity index (χ2n) is 5.60. The van der Waals surface area contributed by atoms with Gasteiger partial charge >= 0.3 is 0 Å². The Morgan fingerprint density at radius 3 is 2.96 bits per heavy atom. The summed E-state index contributed by atoms with van der Waals surface area (Å²) in [7, 11) is 0. The van der Waals surface area contributed by atoms with Gasteiger partial charge in [0.25, 0.3) is 11.8 Å². The number of thiophene rings is 2. The second-order valence-corrected chi connectivity index (χ2v) is 7.62. The number of carbonyl (C=O) groups excluding carboxylic acids is 1. The summed E-state index contributed by atoms with van der Waals surface area (Å²) in [6, 6.07) is 1.88. The minimum Gasteiger partial charge on any atom is -0.376 e. The van der Waals surface area contributed by atoms with Crippen molar-refractivity contribution in [3.8, 4) is 11.5 Å². The number of nitrogens with one attached hydrogen (secondary N) is 1. The Morgan fingerprint density at radius 2 is 2.25 bits per heavy atom. The fourth-order valence-electron chi connectivity index (χ4n) is 2.66. The van der Waals surface area contributed by atoms with E-state index < -0.39 is 0 Å². The van der Waals surface area contributed by atoms with Gasteiger partial charge in [-0.2, -0.15) is 4.98 Å². The Labute approximate surface area is 146 Å². The molecule has 3 aromatic rings. The Kier molecular flexibility index (Phi) is 3.95. The van der Waals surface area contributed by atoms with Gasteiger partial charge in [-0.05, 0) is 42.8 Å². The molecular weight excluding hydrogens is 346 g/mol. The van der Waals surface area contributed by atoms with Gasteiger partial charge in [0.2, 0.25) is 0 Å². The van der Waals surface area contributed by atoms with E-state index in [0.29, 0.717) is 29.8 Å². The number of hydrogen-bond acceptors (Lipinski definition) is 7. The maximum atomic E-state index is 12.5. The first kappa shape index (κ1) is 15.5. The number of carbonyl (C=O) groups is 1.